The highest BCUT2D eigenvalue weighted by Gasteiger charge is 2.33. The van der Waals surface area contributed by atoms with Gasteiger partial charge < -0.3 is 5.32 Å². The Morgan fingerprint density at radius 2 is 2.09 bits per heavy atom. The molecular weight excluding hydrogens is 375 g/mol. The number of carbonyl (C=O) groups is 1. The molecular formula is C13H13ClF3NO3S2. The van der Waals surface area contributed by atoms with Crippen molar-refractivity contribution < 1.29 is 26.4 Å². The van der Waals surface area contributed by atoms with Crippen LogP contribution in [0.3, 0.4) is 0 Å². The second kappa shape index (κ2) is 6.90. The molecule has 2 rings (SSSR count). The third-order valence-corrected chi connectivity index (χ3v) is 6.30. The van der Waals surface area contributed by atoms with Crippen molar-refractivity contribution in [3.05, 3.63) is 28.8 Å². The Balaban J connectivity index is 1.92. The maximum absolute atomic E-state index is 12.7. The number of nitrogens with one attached hydrogen (secondary N) is 1. The molecule has 0 aromatic heterocycles. The fourth-order valence-electron chi connectivity index (χ4n) is 2.14. The van der Waals surface area contributed by atoms with Crippen molar-refractivity contribution in [3.8, 4) is 0 Å². The summed E-state index contributed by atoms with van der Waals surface area (Å²) in [6, 6.07) is 2.99. The van der Waals surface area contributed by atoms with Crippen molar-refractivity contribution in [2.45, 2.75) is 23.5 Å². The van der Waals surface area contributed by atoms with Gasteiger partial charge in [-0.15, -0.1) is 11.8 Å². The van der Waals surface area contributed by atoms with E-state index in [1.165, 1.54) is 6.07 Å². The summed E-state index contributed by atoms with van der Waals surface area (Å²) in [5.74, 6) is -0.574. The van der Waals surface area contributed by atoms with Crippen LogP contribution in [0.1, 0.15) is 12.0 Å². The van der Waals surface area contributed by atoms with Crippen molar-refractivity contribution in [3.63, 3.8) is 0 Å². The quantitative estimate of drug-likeness (QED) is 0.807. The molecule has 0 saturated carbocycles. The molecule has 1 fully saturated rings. The summed E-state index contributed by atoms with van der Waals surface area (Å²) < 4.78 is 60.8. The van der Waals surface area contributed by atoms with Crippen LogP contribution in [0.15, 0.2) is 23.1 Å². The predicted octanol–water partition coefficient (Wildman–Crippen LogP) is 2.75. The monoisotopic (exact) mass is 387 g/mol. The highest BCUT2D eigenvalue weighted by molar-refractivity contribution is 8.00. The number of halogens is 4. The Morgan fingerprint density at radius 3 is 2.65 bits per heavy atom. The van der Waals surface area contributed by atoms with E-state index < -0.39 is 38.5 Å². The van der Waals surface area contributed by atoms with Crippen LogP contribution < -0.4 is 5.32 Å². The lowest BCUT2D eigenvalue weighted by molar-refractivity contribution is -0.137. The summed E-state index contributed by atoms with van der Waals surface area (Å²) in [6.07, 6.45) is -4.20. The summed E-state index contributed by atoms with van der Waals surface area (Å²) >= 11 is 6.45. The van der Waals surface area contributed by atoms with Gasteiger partial charge in [0.15, 0.2) is 9.84 Å². The molecule has 128 valence electrons. The van der Waals surface area contributed by atoms with Crippen molar-refractivity contribution in [2.24, 2.45) is 0 Å². The Hall–Kier alpha value is -0.930. The number of benzene rings is 1. The predicted molar refractivity (Wildman–Crippen MR) is 82.4 cm³/mol. The third kappa shape index (κ3) is 5.29. The van der Waals surface area contributed by atoms with Gasteiger partial charge in [-0.2, -0.15) is 13.2 Å². The van der Waals surface area contributed by atoms with E-state index in [1.807, 2.05) is 0 Å². The molecule has 1 aliphatic heterocycles. The highest BCUT2D eigenvalue weighted by Crippen LogP contribution is 2.36. The minimum absolute atomic E-state index is 0.0389. The van der Waals surface area contributed by atoms with E-state index in [0.717, 1.165) is 23.9 Å². The molecule has 1 N–H and O–H groups in total. The van der Waals surface area contributed by atoms with Crippen LogP contribution in [0, 0.1) is 0 Å². The van der Waals surface area contributed by atoms with Crippen LogP contribution in [0.2, 0.25) is 5.02 Å². The smallest absolute Gasteiger partial charge is 0.352 e. The molecule has 0 bridgehead atoms. The molecule has 1 amide bonds. The summed E-state index contributed by atoms with van der Waals surface area (Å²) in [5.41, 5.74) is -0.952. The van der Waals surface area contributed by atoms with Crippen LogP contribution >= 0.6 is 23.4 Å². The maximum Gasteiger partial charge on any atom is 0.417 e. The molecule has 10 heteroatoms. The van der Waals surface area contributed by atoms with Gasteiger partial charge in [0.05, 0.1) is 27.8 Å². The molecule has 1 aromatic rings. The largest absolute Gasteiger partial charge is 0.417 e. The van der Waals surface area contributed by atoms with E-state index in [1.54, 1.807) is 0 Å². The van der Waals surface area contributed by atoms with Crippen molar-refractivity contribution in [1.29, 1.82) is 0 Å². The minimum Gasteiger partial charge on any atom is -0.352 e. The van der Waals surface area contributed by atoms with Gasteiger partial charge in [0, 0.05) is 10.9 Å². The fraction of sp³-hybridized carbons (Fsp3) is 0.462. The van der Waals surface area contributed by atoms with Crippen LogP contribution in [-0.4, -0.2) is 37.6 Å². The lowest BCUT2D eigenvalue weighted by Crippen LogP contribution is -2.36. The first-order chi connectivity index (χ1) is 10.6. The lowest BCUT2D eigenvalue weighted by atomic mass is 10.2. The molecule has 0 spiro atoms. The summed E-state index contributed by atoms with van der Waals surface area (Å²) in [6.45, 7) is 0. The number of hydrogen-bond acceptors (Lipinski definition) is 4. The second-order valence-corrected chi connectivity index (χ2v) is 8.78. The normalized spacial score (nSPS) is 20.4. The van der Waals surface area contributed by atoms with E-state index in [-0.39, 0.29) is 22.2 Å². The molecule has 0 aliphatic carbocycles. The molecule has 4 nitrogen and oxygen atoms in total. The van der Waals surface area contributed by atoms with Gasteiger partial charge in [0.2, 0.25) is 5.91 Å². The molecule has 0 radical (unpaired) electrons. The van der Waals surface area contributed by atoms with E-state index in [4.69, 9.17) is 11.6 Å². The molecule has 1 saturated heterocycles. The van der Waals surface area contributed by atoms with Gasteiger partial charge in [-0.05, 0) is 24.6 Å². The van der Waals surface area contributed by atoms with Gasteiger partial charge >= 0.3 is 6.18 Å². The SMILES string of the molecule is O=C(CSc1ccc(Cl)c(C(F)(F)F)c1)N[C@@H]1CCS(=O)(=O)C1. The topological polar surface area (TPSA) is 63.2 Å². The van der Waals surface area contributed by atoms with Gasteiger partial charge in [-0.1, -0.05) is 11.6 Å². The zero-order valence-corrected chi connectivity index (χ0v) is 14.1. The van der Waals surface area contributed by atoms with Crippen molar-refractivity contribution in [1.82, 2.24) is 5.32 Å². The molecule has 0 unspecified atom stereocenters. The molecule has 1 atom stereocenters. The zero-order chi connectivity index (χ0) is 17.3. The lowest BCUT2D eigenvalue weighted by Gasteiger charge is -2.12. The molecule has 23 heavy (non-hydrogen) atoms. The Labute approximate surface area is 140 Å². The van der Waals surface area contributed by atoms with Crippen LogP contribution in [0.4, 0.5) is 13.2 Å². The van der Waals surface area contributed by atoms with Crippen LogP contribution in [0.25, 0.3) is 0 Å². The average molecular weight is 388 g/mol. The summed E-state index contributed by atoms with van der Waals surface area (Å²) in [5, 5.41) is 2.17. The number of hydrogen-bond donors (Lipinski definition) is 1. The maximum atomic E-state index is 12.7. The summed E-state index contributed by atoms with van der Waals surface area (Å²) in [4.78, 5) is 12.0. The van der Waals surface area contributed by atoms with Gasteiger partial charge in [-0.3, -0.25) is 4.79 Å². The average Bonchev–Trinajstić information content (AvgIpc) is 2.75. The first-order valence-corrected chi connectivity index (χ1v) is 9.75. The van der Waals surface area contributed by atoms with Crippen molar-refractivity contribution in [2.75, 3.05) is 17.3 Å². The molecule has 1 aromatic carbocycles. The first-order valence-electron chi connectivity index (χ1n) is 6.56. The number of thioether (sulfide) groups is 1. The van der Waals surface area contributed by atoms with E-state index in [2.05, 4.69) is 5.32 Å². The highest BCUT2D eigenvalue weighted by atomic mass is 35.5. The standard InChI is InChI=1S/C13H13ClF3NO3S2/c14-11-2-1-9(5-10(11)13(15,16)17)22-6-12(19)18-8-3-4-23(20,21)7-8/h1-2,5,8H,3-4,6-7H2,(H,18,19)/t8-/m1/s1. The van der Waals surface area contributed by atoms with Gasteiger partial charge in [-0.25, -0.2) is 8.42 Å². The Kier molecular flexibility index (Phi) is 5.52. The van der Waals surface area contributed by atoms with E-state index in [0.29, 0.717) is 6.42 Å². The van der Waals surface area contributed by atoms with Gasteiger partial charge in [0.25, 0.3) is 0 Å². The number of amides is 1. The van der Waals surface area contributed by atoms with Crippen LogP contribution in [-0.2, 0) is 20.8 Å². The number of rotatable bonds is 4. The third-order valence-electron chi connectivity index (χ3n) is 3.21. The Morgan fingerprint density at radius 1 is 1.39 bits per heavy atom. The van der Waals surface area contributed by atoms with Crippen molar-refractivity contribution >= 4 is 39.1 Å². The number of alkyl halides is 3. The van der Waals surface area contributed by atoms with E-state index >= 15 is 0 Å². The summed E-state index contributed by atoms with van der Waals surface area (Å²) in [7, 11) is -3.10. The Bertz CT molecular complexity index is 707. The first kappa shape index (κ1) is 18.4. The van der Waals surface area contributed by atoms with E-state index in [9.17, 15) is 26.4 Å². The second-order valence-electron chi connectivity index (χ2n) is 5.10. The molecule has 1 aliphatic rings. The zero-order valence-electron chi connectivity index (χ0n) is 11.7. The minimum atomic E-state index is -4.56. The van der Waals surface area contributed by atoms with Gasteiger partial charge in [0.1, 0.15) is 0 Å². The van der Waals surface area contributed by atoms with Crippen LogP contribution in [0.5, 0.6) is 0 Å². The number of sulfone groups is 1. The number of carbonyl (C=O) groups excluding carboxylic acids is 1. The molecule has 1 heterocycles. The fourth-order valence-corrected chi connectivity index (χ4v) is 4.78.